The Morgan fingerprint density at radius 2 is 2.22 bits per heavy atom. The second kappa shape index (κ2) is 5.10. The predicted molar refractivity (Wildman–Crippen MR) is 68.0 cm³/mol. The first-order valence-electron chi connectivity index (χ1n) is 5.58. The maximum absolute atomic E-state index is 10.1. The monoisotopic (exact) mass is 246 g/mol. The van der Waals surface area contributed by atoms with E-state index in [4.69, 9.17) is 5.53 Å². The van der Waals surface area contributed by atoms with Gasteiger partial charge in [-0.25, -0.2) is 0 Å². The zero-order valence-electron chi connectivity index (χ0n) is 9.91. The van der Waals surface area contributed by atoms with Gasteiger partial charge in [0, 0.05) is 27.6 Å². The maximum Gasteiger partial charge on any atom is 0.107 e. The summed E-state index contributed by atoms with van der Waals surface area (Å²) in [5.41, 5.74) is 10.7. The molecule has 6 heteroatoms. The summed E-state index contributed by atoms with van der Waals surface area (Å²) < 4.78 is 0. The number of aromatic amines is 1. The van der Waals surface area contributed by atoms with Gasteiger partial charge in [0.15, 0.2) is 0 Å². The molecule has 0 spiro atoms. The molecule has 3 N–H and O–H groups in total. The lowest BCUT2D eigenvalue weighted by molar-refractivity contribution is 0.0253. The average molecular weight is 246 g/mol. The zero-order valence-corrected chi connectivity index (χ0v) is 9.91. The first-order chi connectivity index (χ1) is 8.65. The van der Waals surface area contributed by atoms with Crippen molar-refractivity contribution in [3.8, 4) is 0 Å². The summed E-state index contributed by atoms with van der Waals surface area (Å²) in [4.78, 5) is 5.61. The Kier molecular flexibility index (Phi) is 3.53. The molecule has 1 aromatic heterocycles. The molecule has 6 nitrogen and oxygen atoms in total. The Balaban J connectivity index is 2.38. The number of aromatic nitrogens is 1. The quantitative estimate of drug-likeness (QED) is 0.437. The summed E-state index contributed by atoms with van der Waals surface area (Å²) in [6.45, 7) is 1.78. The fourth-order valence-corrected chi connectivity index (χ4v) is 2.06. The minimum atomic E-state index is -1.11. The number of aliphatic hydroxyl groups excluding tert-OH is 2. The molecular weight excluding hydrogens is 232 g/mol. The van der Waals surface area contributed by atoms with E-state index in [2.05, 4.69) is 15.0 Å². The summed E-state index contributed by atoms with van der Waals surface area (Å²) in [6, 6.07) is 5.76. The number of rotatable bonds is 4. The van der Waals surface area contributed by atoms with E-state index in [-0.39, 0.29) is 6.54 Å². The van der Waals surface area contributed by atoms with Crippen molar-refractivity contribution in [2.24, 2.45) is 5.11 Å². The van der Waals surface area contributed by atoms with Gasteiger partial charge in [-0.2, -0.15) is 0 Å². The Labute approximate surface area is 104 Å². The molecule has 0 amide bonds. The van der Waals surface area contributed by atoms with E-state index in [1.54, 1.807) is 6.20 Å². The molecule has 2 aromatic rings. The van der Waals surface area contributed by atoms with Crippen LogP contribution >= 0.6 is 0 Å². The van der Waals surface area contributed by atoms with Gasteiger partial charge in [-0.05, 0) is 24.1 Å². The van der Waals surface area contributed by atoms with E-state index in [9.17, 15) is 10.2 Å². The van der Waals surface area contributed by atoms with Gasteiger partial charge in [-0.1, -0.05) is 17.2 Å². The lowest BCUT2D eigenvalue weighted by atomic mass is 10.0. The fourth-order valence-electron chi connectivity index (χ4n) is 2.06. The fraction of sp³-hybridized carbons (Fsp3) is 0.333. The molecule has 1 heterocycles. The molecule has 0 fully saturated rings. The molecule has 2 rings (SSSR count). The normalized spacial score (nSPS) is 14.2. The van der Waals surface area contributed by atoms with Gasteiger partial charge in [0.25, 0.3) is 0 Å². The van der Waals surface area contributed by atoms with Crippen LogP contribution in [0.15, 0.2) is 29.5 Å². The van der Waals surface area contributed by atoms with Gasteiger partial charge < -0.3 is 15.2 Å². The highest BCUT2D eigenvalue weighted by Gasteiger charge is 2.21. The first kappa shape index (κ1) is 12.4. The second-order valence-corrected chi connectivity index (χ2v) is 4.17. The zero-order chi connectivity index (χ0) is 13.1. The number of benzene rings is 1. The molecule has 0 aliphatic heterocycles. The molecule has 1 aromatic carbocycles. The Morgan fingerprint density at radius 3 is 2.94 bits per heavy atom. The Bertz CT molecular complexity index is 601. The lowest BCUT2D eigenvalue weighted by Gasteiger charge is -2.15. The smallest absolute Gasteiger partial charge is 0.107 e. The van der Waals surface area contributed by atoms with E-state index in [1.165, 1.54) is 0 Å². The summed E-state index contributed by atoms with van der Waals surface area (Å²) in [6.07, 6.45) is -0.522. The molecule has 2 unspecified atom stereocenters. The molecular formula is C12H14N4O2. The molecule has 0 saturated carbocycles. The topological polar surface area (TPSA) is 105 Å². The maximum atomic E-state index is 10.1. The van der Waals surface area contributed by atoms with Gasteiger partial charge in [-0.3, -0.25) is 0 Å². The van der Waals surface area contributed by atoms with Crippen LogP contribution in [0.5, 0.6) is 0 Å². The van der Waals surface area contributed by atoms with Crippen LogP contribution in [0.25, 0.3) is 21.3 Å². The summed E-state index contributed by atoms with van der Waals surface area (Å²) in [5.74, 6) is 0. The third-order valence-corrected chi connectivity index (χ3v) is 2.96. The molecule has 94 valence electrons. The summed E-state index contributed by atoms with van der Waals surface area (Å²) in [5, 5.41) is 24.0. The van der Waals surface area contributed by atoms with Crippen molar-refractivity contribution >= 4 is 10.9 Å². The van der Waals surface area contributed by atoms with Crippen LogP contribution in [0, 0.1) is 6.92 Å². The highest BCUT2D eigenvalue weighted by Crippen LogP contribution is 2.28. The number of nitrogens with zero attached hydrogens (tertiary/aromatic N) is 3. The molecule has 18 heavy (non-hydrogen) atoms. The molecule has 2 atom stereocenters. The van der Waals surface area contributed by atoms with Crippen LogP contribution in [0.1, 0.15) is 17.2 Å². The number of hydrogen-bond acceptors (Lipinski definition) is 3. The van der Waals surface area contributed by atoms with Crippen LogP contribution in [0.4, 0.5) is 0 Å². The van der Waals surface area contributed by atoms with Crippen molar-refractivity contribution < 1.29 is 10.2 Å². The number of aliphatic hydroxyl groups is 2. The lowest BCUT2D eigenvalue weighted by Crippen LogP contribution is -2.21. The molecule has 0 saturated heterocycles. The number of H-pyrrole nitrogens is 1. The van der Waals surface area contributed by atoms with E-state index in [0.717, 1.165) is 16.5 Å². The SMILES string of the molecule is Cc1cccc2[nH]cc(C(O)C(O)CN=[N+]=[N-])c12. The first-order valence-corrected chi connectivity index (χ1v) is 5.58. The Morgan fingerprint density at radius 1 is 1.44 bits per heavy atom. The van der Waals surface area contributed by atoms with Gasteiger partial charge in [0.1, 0.15) is 6.10 Å². The van der Waals surface area contributed by atoms with E-state index in [1.807, 2.05) is 25.1 Å². The minimum absolute atomic E-state index is 0.157. The number of nitrogens with one attached hydrogen (secondary N) is 1. The Hall–Kier alpha value is -2.01. The number of azide groups is 1. The molecule has 0 bridgehead atoms. The van der Waals surface area contributed by atoms with Gasteiger partial charge >= 0.3 is 0 Å². The molecule has 0 radical (unpaired) electrons. The van der Waals surface area contributed by atoms with Crippen molar-refractivity contribution in [3.05, 3.63) is 46.0 Å². The van der Waals surface area contributed by atoms with Crippen LogP contribution in [-0.4, -0.2) is 27.8 Å². The third-order valence-electron chi connectivity index (χ3n) is 2.96. The van der Waals surface area contributed by atoms with Crippen LogP contribution < -0.4 is 0 Å². The molecule has 0 aliphatic rings. The van der Waals surface area contributed by atoms with Crippen LogP contribution in [0.2, 0.25) is 0 Å². The van der Waals surface area contributed by atoms with Crippen molar-refractivity contribution in [2.75, 3.05) is 6.54 Å². The van der Waals surface area contributed by atoms with Crippen LogP contribution in [0.3, 0.4) is 0 Å². The highest BCUT2D eigenvalue weighted by atomic mass is 16.3. The van der Waals surface area contributed by atoms with Crippen molar-refractivity contribution in [1.82, 2.24) is 4.98 Å². The predicted octanol–water partition coefficient (Wildman–Crippen LogP) is 2.18. The van der Waals surface area contributed by atoms with E-state index < -0.39 is 12.2 Å². The standard InChI is InChI=1S/C12H14N4O2/c1-7-3-2-4-9-11(7)8(5-14-9)12(18)10(17)6-15-16-13/h2-5,10,12,14,17-18H,6H2,1H3. The number of aryl methyl sites for hydroxylation is 1. The van der Waals surface area contributed by atoms with Crippen molar-refractivity contribution in [1.29, 1.82) is 0 Å². The summed E-state index contributed by atoms with van der Waals surface area (Å²) >= 11 is 0. The average Bonchev–Trinajstić information content (AvgIpc) is 2.80. The van der Waals surface area contributed by atoms with E-state index in [0.29, 0.717) is 5.56 Å². The second-order valence-electron chi connectivity index (χ2n) is 4.17. The van der Waals surface area contributed by atoms with Crippen LogP contribution in [-0.2, 0) is 0 Å². The van der Waals surface area contributed by atoms with Gasteiger partial charge in [0.05, 0.1) is 12.6 Å². The van der Waals surface area contributed by atoms with Crippen molar-refractivity contribution in [3.63, 3.8) is 0 Å². The van der Waals surface area contributed by atoms with Crippen molar-refractivity contribution in [2.45, 2.75) is 19.1 Å². The minimum Gasteiger partial charge on any atom is -0.390 e. The number of fused-ring (bicyclic) bond motifs is 1. The van der Waals surface area contributed by atoms with E-state index >= 15 is 0 Å². The highest BCUT2D eigenvalue weighted by molar-refractivity contribution is 5.86. The summed E-state index contributed by atoms with van der Waals surface area (Å²) in [7, 11) is 0. The van der Waals surface area contributed by atoms with Gasteiger partial charge in [-0.15, -0.1) is 0 Å². The largest absolute Gasteiger partial charge is 0.390 e. The third kappa shape index (κ3) is 2.17. The van der Waals surface area contributed by atoms with Gasteiger partial charge in [0.2, 0.25) is 0 Å². The number of hydrogen-bond donors (Lipinski definition) is 3. The molecule has 0 aliphatic carbocycles.